The van der Waals surface area contributed by atoms with Crippen molar-refractivity contribution >= 4 is 45.3 Å². The van der Waals surface area contributed by atoms with Crippen LogP contribution in [0.25, 0.3) is 12.2 Å². The fraction of sp³-hybridized carbons (Fsp3) is 0.522. The lowest BCUT2D eigenvalue weighted by Crippen LogP contribution is -2.43. The van der Waals surface area contributed by atoms with E-state index in [-0.39, 0.29) is 41.5 Å². The number of nitrogens with zero attached hydrogens (tertiary/aromatic N) is 3. The van der Waals surface area contributed by atoms with E-state index in [0.717, 1.165) is 24.3 Å². The molecule has 4 heterocycles. The first kappa shape index (κ1) is 24.6. The lowest BCUT2D eigenvalue weighted by atomic mass is 9.97. The van der Waals surface area contributed by atoms with Gasteiger partial charge in [-0.25, -0.2) is 8.42 Å². The summed E-state index contributed by atoms with van der Waals surface area (Å²) >= 11 is 1.54. The van der Waals surface area contributed by atoms with Crippen LogP contribution in [0.5, 0.6) is 0 Å². The molecule has 0 spiro atoms. The molecule has 2 fully saturated rings. The number of sulfonamides is 1. The second kappa shape index (κ2) is 10.8. The summed E-state index contributed by atoms with van der Waals surface area (Å²) in [6.07, 6.45) is 6.61. The van der Waals surface area contributed by atoms with Crippen LogP contribution in [0.2, 0.25) is 0 Å². The minimum absolute atomic E-state index is 0.0504. The molecular formula is C23H30N4O5S2. The van der Waals surface area contributed by atoms with Crippen molar-refractivity contribution in [2.45, 2.75) is 43.9 Å². The maximum atomic E-state index is 13.4. The zero-order chi connectivity index (χ0) is 24.1. The molecule has 11 heteroatoms. The van der Waals surface area contributed by atoms with Crippen molar-refractivity contribution in [2.75, 3.05) is 32.7 Å². The Bertz CT molecular complexity index is 1130. The highest BCUT2D eigenvalue weighted by Crippen LogP contribution is 2.29. The highest BCUT2D eigenvalue weighted by Gasteiger charge is 2.35. The van der Waals surface area contributed by atoms with Crippen LogP contribution in [-0.4, -0.2) is 67.3 Å². The monoisotopic (exact) mass is 506 g/mol. The van der Waals surface area contributed by atoms with Gasteiger partial charge in [0.15, 0.2) is 10.7 Å². The zero-order valence-corrected chi connectivity index (χ0v) is 20.9. The number of amides is 2. The lowest BCUT2D eigenvalue weighted by molar-refractivity contribution is -0.127. The Morgan fingerprint density at radius 2 is 2.09 bits per heavy atom. The first-order chi connectivity index (χ1) is 16.4. The van der Waals surface area contributed by atoms with Crippen molar-refractivity contribution in [2.24, 2.45) is 5.92 Å². The molecule has 0 aromatic carbocycles. The SMILES string of the molecule is Cc1noc(C=Cc2cccs2)c1S(=O)(=O)N1CCC(C(=O)NCCCN2CCCC2=O)CC1. The van der Waals surface area contributed by atoms with Crippen molar-refractivity contribution in [3.05, 3.63) is 33.8 Å². The summed E-state index contributed by atoms with van der Waals surface area (Å²) in [5, 5.41) is 8.76. The second-order valence-electron chi connectivity index (χ2n) is 8.62. The average Bonchev–Trinajstić information content (AvgIpc) is 3.57. The molecule has 2 aliphatic rings. The van der Waals surface area contributed by atoms with Gasteiger partial charge in [0.2, 0.25) is 21.8 Å². The highest BCUT2D eigenvalue weighted by molar-refractivity contribution is 7.89. The molecular weight excluding hydrogens is 476 g/mol. The molecule has 0 bridgehead atoms. The third-order valence-corrected chi connectivity index (χ3v) is 9.17. The van der Waals surface area contributed by atoms with Gasteiger partial charge in [-0.05, 0) is 56.2 Å². The van der Waals surface area contributed by atoms with Gasteiger partial charge in [0.25, 0.3) is 0 Å². The van der Waals surface area contributed by atoms with E-state index < -0.39 is 10.0 Å². The van der Waals surface area contributed by atoms with Crippen LogP contribution in [-0.2, 0) is 19.6 Å². The molecule has 1 N–H and O–H groups in total. The van der Waals surface area contributed by atoms with Gasteiger partial charge >= 0.3 is 0 Å². The highest BCUT2D eigenvalue weighted by atomic mass is 32.2. The Morgan fingerprint density at radius 1 is 1.29 bits per heavy atom. The topological polar surface area (TPSA) is 113 Å². The van der Waals surface area contributed by atoms with Gasteiger partial charge in [-0.2, -0.15) is 4.31 Å². The van der Waals surface area contributed by atoms with Gasteiger partial charge in [0, 0.05) is 49.9 Å². The van der Waals surface area contributed by atoms with E-state index in [9.17, 15) is 18.0 Å². The van der Waals surface area contributed by atoms with E-state index >= 15 is 0 Å². The first-order valence-corrected chi connectivity index (χ1v) is 13.9. The predicted molar refractivity (Wildman–Crippen MR) is 129 cm³/mol. The maximum Gasteiger partial charge on any atom is 0.248 e. The number of rotatable bonds is 9. The van der Waals surface area contributed by atoms with Crippen LogP contribution in [0.3, 0.4) is 0 Å². The molecule has 0 saturated carbocycles. The molecule has 2 amide bonds. The number of aromatic nitrogens is 1. The number of thiophene rings is 1. The molecule has 2 aromatic rings. The molecule has 2 aromatic heterocycles. The summed E-state index contributed by atoms with van der Waals surface area (Å²) in [4.78, 5) is 27.1. The molecule has 184 valence electrons. The standard InChI is InChI=1S/C23H30N4O5S2/c1-17-22(20(32-25-17)8-7-19-5-3-16-33-19)34(30,31)27-14-9-18(10-15-27)23(29)24-11-4-13-26-12-2-6-21(26)28/h3,5,7-8,16,18H,2,4,6,9-15H2,1H3,(H,24,29). The number of aryl methyl sites for hydroxylation is 1. The quantitative estimate of drug-likeness (QED) is 0.524. The molecule has 9 nitrogen and oxygen atoms in total. The number of nitrogens with one attached hydrogen (secondary N) is 1. The Hall–Kier alpha value is -2.50. The molecule has 0 atom stereocenters. The summed E-state index contributed by atoms with van der Waals surface area (Å²) in [6.45, 7) is 4.13. The summed E-state index contributed by atoms with van der Waals surface area (Å²) < 4.78 is 33.4. The van der Waals surface area contributed by atoms with Gasteiger partial charge in [0.05, 0.1) is 0 Å². The van der Waals surface area contributed by atoms with Crippen molar-refractivity contribution in [1.29, 1.82) is 0 Å². The molecule has 0 radical (unpaired) electrons. The number of hydrogen-bond acceptors (Lipinski definition) is 7. The van der Waals surface area contributed by atoms with Crippen molar-refractivity contribution in [1.82, 2.24) is 19.7 Å². The second-order valence-corrected chi connectivity index (χ2v) is 11.5. The van der Waals surface area contributed by atoms with Crippen LogP contribution in [0.15, 0.2) is 26.9 Å². The molecule has 0 aliphatic carbocycles. The number of hydrogen-bond donors (Lipinski definition) is 1. The zero-order valence-electron chi connectivity index (χ0n) is 19.2. The van der Waals surface area contributed by atoms with E-state index in [0.29, 0.717) is 38.0 Å². The van der Waals surface area contributed by atoms with E-state index in [1.807, 2.05) is 22.4 Å². The van der Waals surface area contributed by atoms with Crippen LogP contribution in [0.1, 0.15) is 48.4 Å². The fourth-order valence-electron chi connectivity index (χ4n) is 4.40. The number of piperidine rings is 1. The Labute approximate surface area is 203 Å². The molecule has 2 saturated heterocycles. The van der Waals surface area contributed by atoms with E-state index in [1.54, 1.807) is 30.4 Å². The van der Waals surface area contributed by atoms with Crippen LogP contribution in [0.4, 0.5) is 0 Å². The van der Waals surface area contributed by atoms with E-state index in [4.69, 9.17) is 4.52 Å². The first-order valence-electron chi connectivity index (χ1n) is 11.6. The summed E-state index contributed by atoms with van der Waals surface area (Å²) in [7, 11) is -3.80. The van der Waals surface area contributed by atoms with Crippen LogP contribution in [0, 0.1) is 12.8 Å². The van der Waals surface area contributed by atoms with Crippen LogP contribution >= 0.6 is 11.3 Å². The fourth-order valence-corrected chi connectivity index (χ4v) is 6.73. The largest absolute Gasteiger partial charge is 0.356 e. The predicted octanol–water partition coefficient (Wildman–Crippen LogP) is 2.74. The van der Waals surface area contributed by atoms with Gasteiger partial charge in [-0.1, -0.05) is 11.2 Å². The average molecular weight is 507 g/mol. The molecule has 2 aliphatic heterocycles. The summed E-state index contributed by atoms with van der Waals surface area (Å²) in [5.74, 6) is 0.127. The third kappa shape index (κ3) is 5.59. The maximum absolute atomic E-state index is 13.4. The van der Waals surface area contributed by atoms with Gasteiger partial charge < -0.3 is 14.7 Å². The summed E-state index contributed by atoms with van der Waals surface area (Å²) in [5.41, 5.74) is 0.321. The van der Waals surface area contributed by atoms with E-state index in [2.05, 4.69) is 10.5 Å². The van der Waals surface area contributed by atoms with Crippen molar-refractivity contribution < 1.29 is 22.5 Å². The smallest absolute Gasteiger partial charge is 0.248 e. The van der Waals surface area contributed by atoms with Crippen molar-refractivity contribution in [3.63, 3.8) is 0 Å². The number of carbonyl (C=O) groups excluding carboxylic acids is 2. The Balaban J connectivity index is 1.30. The van der Waals surface area contributed by atoms with Gasteiger partial charge in [0.1, 0.15) is 5.69 Å². The molecule has 34 heavy (non-hydrogen) atoms. The van der Waals surface area contributed by atoms with E-state index in [1.165, 1.54) is 4.31 Å². The normalized spacial score (nSPS) is 18.3. The Morgan fingerprint density at radius 3 is 2.76 bits per heavy atom. The third-order valence-electron chi connectivity index (χ3n) is 6.27. The Kier molecular flexibility index (Phi) is 7.84. The van der Waals surface area contributed by atoms with Crippen molar-refractivity contribution in [3.8, 4) is 0 Å². The molecule has 4 rings (SSSR count). The van der Waals surface area contributed by atoms with Gasteiger partial charge in [-0.15, -0.1) is 11.3 Å². The lowest BCUT2D eigenvalue weighted by Gasteiger charge is -2.30. The minimum Gasteiger partial charge on any atom is -0.356 e. The van der Waals surface area contributed by atoms with Gasteiger partial charge in [-0.3, -0.25) is 9.59 Å². The number of likely N-dealkylation sites (tertiary alicyclic amines) is 1. The summed E-state index contributed by atoms with van der Waals surface area (Å²) in [6, 6.07) is 3.85. The molecule has 0 unspecified atom stereocenters. The van der Waals surface area contributed by atoms with Crippen LogP contribution < -0.4 is 5.32 Å². The number of carbonyl (C=O) groups is 2. The minimum atomic E-state index is -3.80.